The second-order valence-electron chi connectivity index (χ2n) is 3.76. The van der Waals surface area contributed by atoms with Crippen molar-refractivity contribution in [2.75, 3.05) is 6.61 Å². The van der Waals surface area contributed by atoms with Crippen LogP contribution in [0.25, 0.3) is 0 Å². The summed E-state index contributed by atoms with van der Waals surface area (Å²) in [4.78, 5) is 15.5. The maximum atomic E-state index is 11.5. The first-order valence-corrected chi connectivity index (χ1v) is 4.88. The number of H-pyrrole nitrogens is 1. The minimum absolute atomic E-state index is 0.104. The number of aliphatic hydroxyl groups excluding tert-OH is 1. The molecular formula is C9H16N4O2. The fraction of sp³-hybridized carbons (Fsp3) is 0.667. The van der Waals surface area contributed by atoms with E-state index in [9.17, 15) is 4.79 Å². The van der Waals surface area contributed by atoms with Crippen LogP contribution in [0.2, 0.25) is 0 Å². The fourth-order valence-corrected chi connectivity index (χ4v) is 0.968. The summed E-state index contributed by atoms with van der Waals surface area (Å²) in [5, 5.41) is 17.8. The predicted octanol–water partition coefficient (Wildman–Crippen LogP) is 0.0387. The molecule has 1 atom stereocenters. The van der Waals surface area contributed by atoms with Gasteiger partial charge in [0.15, 0.2) is 0 Å². The van der Waals surface area contributed by atoms with Gasteiger partial charge in [-0.05, 0) is 6.92 Å². The molecular weight excluding hydrogens is 196 g/mol. The minimum Gasteiger partial charge on any atom is -0.394 e. The van der Waals surface area contributed by atoms with Gasteiger partial charge in [-0.25, -0.2) is 4.98 Å². The molecule has 1 aromatic rings. The Morgan fingerprint density at radius 2 is 2.20 bits per heavy atom. The van der Waals surface area contributed by atoms with Crippen molar-refractivity contribution in [1.82, 2.24) is 20.5 Å². The molecule has 1 aromatic heterocycles. The third-order valence-corrected chi connectivity index (χ3v) is 1.90. The second-order valence-corrected chi connectivity index (χ2v) is 3.76. The quantitative estimate of drug-likeness (QED) is 0.657. The summed E-state index contributed by atoms with van der Waals surface area (Å²) in [5.41, 5.74) is 0. The Balaban J connectivity index is 2.66. The molecule has 0 saturated heterocycles. The summed E-state index contributed by atoms with van der Waals surface area (Å²) in [7, 11) is 0. The molecule has 3 N–H and O–H groups in total. The molecule has 0 aliphatic carbocycles. The van der Waals surface area contributed by atoms with E-state index >= 15 is 0 Å². The van der Waals surface area contributed by atoms with Crippen LogP contribution >= 0.6 is 0 Å². The largest absolute Gasteiger partial charge is 0.394 e. The lowest BCUT2D eigenvalue weighted by atomic mass is 10.2. The Morgan fingerprint density at radius 1 is 1.53 bits per heavy atom. The van der Waals surface area contributed by atoms with E-state index < -0.39 is 0 Å². The number of carbonyl (C=O) groups is 1. The number of amides is 1. The molecule has 0 aliphatic rings. The standard InChI is InChI=1S/C9H16N4O2/c1-5(2)7-11-8(13-12-7)9(15)10-6(3)4-14/h5-6,14H,4H2,1-3H3,(H,10,15)(H,11,12,13)/t6-/m1/s1. The van der Waals surface area contributed by atoms with Crippen molar-refractivity contribution in [2.24, 2.45) is 0 Å². The lowest BCUT2D eigenvalue weighted by molar-refractivity contribution is 0.0912. The molecule has 15 heavy (non-hydrogen) atoms. The van der Waals surface area contributed by atoms with Crippen LogP contribution in [-0.2, 0) is 0 Å². The van der Waals surface area contributed by atoms with Crippen LogP contribution in [0, 0.1) is 0 Å². The van der Waals surface area contributed by atoms with Gasteiger partial charge >= 0.3 is 0 Å². The molecule has 6 heteroatoms. The van der Waals surface area contributed by atoms with E-state index in [1.807, 2.05) is 13.8 Å². The summed E-state index contributed by atoms with van der Waals surface area (Å²) in [5.74, 6) is 0.616. The van der Waals surface area contributed by atoms with E-state index in [-0.39, 0.29) is 30.3 Å². The first-order valence-electron chi connectivity index (χ1n) is 4.88. The summed E-state index contributed by atoms with van der Waals surface area (Å²) in [6, 6.07) is -0.293. The zero-order chi connectivity index (χ0) is 11.4. The third-order valence-electron chi connectivity index (χ3n) is 1.90. The highest BCUT2D eigenvalue weighted by molar-refractivity contribution is 5.90. The number of aromatic amines is 1. The van der Waals surface area contributed by atoms with E-state index in [0.717, 1.165) is 0 Å². The average molecular weight is 212 g/mol. The topological polar surface area (TPSA) is 90.9 Å². The summed E-state index contributed by atoms with van der Waals surface area (Å²) < 4.78 is 0. The Bertz CT molecular complexity index is 335. The zero-order valence-electron chi connectivity index (χ0n) is 9.11. The van der Waals surface area contributed by atoms with Crippen molar-refractivity contribution >= 4 is 5.91 Å². The van der Waals surface area contributed by atoms with Gasteiger partial charge in [0.25, 0.3) is 5.91 Å². The lowest BCUT2D eigenvalue weighted by Crippen LogP contribution is -2.35. The molecule has 1 heterocycles. The molecule has 0 bridgehead atoms. The molecule has 6 nitrogen and oxygen atoms in total. The van der Waals surface area contributed by atoms with Crippen LogP contribution in [0.5, 0.6) is 0 Å². The minimum atomic E-state index is -0.375. The number of aliphatic hydroxyl groups is 1. The van der Waals surface area contributed by atoms with E-state index in [4.69, 9.17) is 5.11 Å². The van der Waals surface area contributed by atoms with E-state index in [1.165, 1.54) is 0 Å². The van der Waals surface area contributed by atoms with Crippen molar-refractivity contribution < 1.29 is 9.90 Å². The first-order chi connectivity index (χ1) is 7.04. The molecule has 0 saturated carbocycles. The number of nitrogens with zero attached hydrogens (tertiary/aromatic N) is 2. The molecule has 1 rings (SSSR count). The highest BCUT2D eigenvalue weighted by Gasteiger charge is 2.15. The molecule has 1 amide bonds. The van der Waals surface area contributed by atoms with Crippen molar-refractivity contribution in [3.8, 4) is 0 Å². The normalized spacial score (nSPS) is 12.9. The van der Waals surface area contributed by atoms with Crippen molar-refractivity contribution in [1.29, 1.82) is 0 Å². The maximum absolute atomic E-state index is 11.5. The highest BCUT2D eigenvalue weighted by Crippen LogP contribution is 2.07. The Hall–Kier alpha value is -1.43. The Labute approximate surface area is 88.1 Å². The number of hydrogen-bond donors (Lipinski definition) is 3. The number of hydrogen-bond acceptors (Lipinski definition) is 4. The molecule has 84 valence electrons. The van der Waals surface area contributed by atoms with E-state index in [2.05, 4.69) is 20.5 Å². The van der Waals surface area contributed by atoms with Crippen LogP contribution in [-0.4, -0.2) is 38.8 Å². The lowest BCUT2D eigenvalue weighted by Gasteiger charge is -2.07. The highest BCUT2D eigenvalue weighted by atomic mass is 16.3. The molecule has 0 aromatic carbocycles. The zero-order valence-corrected chi connectivity index (χ0v) is 9.11. The summed E-state index contributed by atoms with van der Waals surface area (Å²) in [6.07, 6.45) is 0. The van der Waals surface area contributed by atoms with Gasteiger partial charge in [-0.2, -0.15) is 0 Å². The average Bonchev–Trinajstić information content (AvgIpc) is 2.66. The van der Waals surface area contributed by atoms with Gasteiger partial charge in [0.05, 0.1) is 6.61 Å². The van der Waals surface area contributed by atoms with Gasteiger partial charge in [-0.3, -0.25) is 9.89 Å². The molecule has 0 fully saturated rings. The van der Waals surface area contributed by atoms with Gasteiger partial charge in [0.2, 0.25) is 5.82 Å². The number of carbonyl (C=O) groups excluding carboxylic acids is 1. The predicted molar refractivity (Wildman–Crippen MR) is 54.5 cm³/mol. The van der Waals surface area contributed by atoms with Gasteiger partial charge < -0.3 is 10.4 Å². The van der Waals surface area contributed by atoms with Gasteiger partial charge in [-0.15, -0.1) is 5.10 Å². The maximum Gasteiger partial charge on any atom is 0.291 e. The van der Waals surface area contributed by atoms with Gasteiger partial charge in [0.1, 0.15) is 5.82 Å². The Kier molecular flexibility index (Phi) is 3.79. The van der Waals surface area contributed by atoms with Crippen molar-refractivity contribution in [3.63, 3.8) is 0 Å². The number of nitrogens with one attached hydrogen (secondary N) is 2. The first kappa shape index (κ1) is 11.6. The number of aromatic nitrogens is 3. The van der Waals surface area contributed by atoms with Gasteiger partial charge in [0, 0.05) is 12.0 Å². The summed E-state index contributed by atoms with van der Waals surface area (Å²) >= 11 is 0. The fourth-order valence-electron chi connectivity index (χ4n) is 0.968. The Morgan fingerprint density at radius 3 is 2.67 bits per heavy atom. The second kappa shape index (κ2) is 4.88. The van der Waals surface area contributed by atoms with Gasteiger partial charge in [-0.1, -0.05) is 13.8 Å². The molecule has 0 unspecified atom stereocenters. The monoisotopic (exact) mass is 212 g/mol. The number of rotatable bonds is 4. The van der Waals surface area contributed by atoms with Crippen LogP contribution < -0.4 is 5.32 Å². The van der Waals surface area contributed by atoms with Crippen LogP contribution in [0.4, 0.5) is 0 Å². The van der Waals surface area contributed by atoms with Crippen molar-refractivity contribution in [3.05, 3.63) is 11.6 Å². The van der Waals surface area contributed by atoms with Crippen LogP contribution in [0.15, 0.2) is 0 Å². The van der Waals surface area contributed by atoms with Crippen molar-refractivity contribution in [2.45, 2.75) is 32.7 Å². The smallest absolute Gasteiger partial charge is 0.291 e. The molecule has 0 radical (unpaired) electrons. The van der Waals surface area contributed by atoms with E-state index in [1.54, 1.807) is 6.92 Å². The molecule has 0 aliphatic heterocycles. The molecule has 0 spiro atoms. The summed E-state index contributed by atoms with van der Waals surface area (Å²) in [6.45, 7) is 5.51. The SMILES string of the molecule is CC(C)c1nc(C(=O)N[C@H](C)CO)n[nH]1. The third kappa shape index (κ3) is 3.02. The van der Waals surface area contributed by atoms with Crippen LogP contribution in [0.1, 0.15) is 43.1 Å². The van der Waals surface area contributed by atoms with Crippen LogP contribution in [0.3, 0.4) is 0 Å². The van der Waals surface area contributed by atoms with E-state index in [0.29, 0.717) is 5.82 Å².